The Balaban J connectivity index is 1.82. The smallest absolute Gasteiger partial charge is 0.273 e. The van der Waals surface area contributed by atoms with Crippen molar-refractivity contribution in [2.75, 3.05) is 19.0 Å². The third-order valence-corrected chi connectivity index (χ3v) is 4.17. The Morgan fingerprint density at radius 3 is 2.92 bits per heavy atom. The highest BCUT2D eigenvalue weighted by Gasteiger charge is 2.12. The van der Waals surface area contributed by atoms with Crippen molar-refractivity contribution in [3.8, 4) is 11.5 Å². The van der Waals surface area contributed by atoms with Crippen molar-refractivity contribution in [1.82, 2.24) is 9.97 Å². The van der Waals surface area contributed by atoms with Crippen LogP contribution in [0.1, 0.15) is 17.4 Å². The maximum absolute atomic E-state index is 12.2. The van der Waals surface area contributed by atoms with E-state index < -0.39 is 5.91 Å². The van der Waals surface area contributed by atoms with E-state index in [1.807, 2.05) is 25.1 Å². The van der Waals surface area contributed by atoms with Crippen LogP contribution in [0.25, 0.3) is 10.2 Å². The molecule has 0 radical (unpaired) electrons. The molecular weight excluding hydrogens is 330 g/mol. The number of hydrogen-bond acceptors (Lipinski definition) is 6. The van der Waals surface area contributed by atoms with E-state index in [9.17, 15) is 9.59 Å². The van der Waals surface area contributed by atoms with Gasteiger partial charge >= 0.3 is 0 Å². The lowest BCUT2D eigenvalue weighted by atomic mass is 10.3. The van der Waals surface area contributed by atoms with Crippen LogP contribution in [0.2, 0.25) is 0 Å². The number of aromatic amines is 1. The molecule has 0 unspecified atom stereocenters. The van der Waals surface area contributed by atoms with Crippen molar-refractivity contribution in [1.29, 1.82) is 0 Å². The van der Waals surface area contributed by atoms with Gasteiger partial charge in [-0.15, -0.1) is 0 Å². The summed E-state index contributed by atoms with van der Waals surface area (Å²) in [6.45, 7) is 2.50. The Morgan fingerprint density at radius 1 is 1.38 bits per heavy atom. The SMILES string of the molecule is CCOc1ccc2nc(NC(=O)c3cc(=O)c(OC)c[nH]3)sc2c1. The van der Waals surface area contributed by atoms with Crippen LogP contribution in [-0.4, -0.2) is 29.6 Å². The van der Waals surface area contributed by atoms with Crippen LogP contribution in [0.4, 0.5) is 5.13 Å². The van der Waals surface area contributed by atoms with E-state index in [-0.39, 0.29) is 16.9 Å². The van der Waals surface area contributed by atoms with E-state index in [0.29, 0.717) is 11.7 Å². The summed E-state index contributed by atoms with van der Waals surface area (Å²) >= 11 is 1.33. The molecule has 2 N–H and O–H groups in total. The fourth-order valence-corrected chi connectivity index (χ4v) is 3.02. The fourth-order valence-electron chi connectivity index (χ4n) is 2.13. The topological polar surface area (TPSA) is 93.3 Å². The number of rotatable bonds is 5. The molecule has 3 rings (SSSR count). The molecule has 2 heterocycles. The number of thiazole rings is 1. The lowest BCUT2D eigenvalue weighted by Crippen LogP contribution is -2.17. The predicted molar refractivity (Wildman–Crippen MR) is 92.4 cm³/mol. The van der Waals surface area contributed by atoms with Gasteiger partial charge in [-0.25, -0.2) is 4.98 Å². The summed E-state index contributed by atoms with van der Waals surface area (Å²) in [5.74, 6) is 0.458. The lowest BCUT2D eigenvalue weighted by Gasteiger charge is -2.03. The minimum atomic E-state index is -0.446. The average molecular weight is 345 g/mol. The molecule has 24 heavy (non-hydrogen) atoms. The van der Waals surface area contributed by atoms with E-state index in [4.69, 9.17) is 9.47 Å². The number of anilines is 1. The van der Waals surface area contributed by atoms with Crippen LogP contribution in [-0.2, 0) is 0 Å². The maximum Gasteiger partial charge on any atom is 0.273 e. The molecule has 0 aliphatic rings. The van der Waals surface area contributed by atoms with Gasteiger partial charge in [0.05, 0.1) is 23.9 Å². The number of carbonyl (C=O) groups excluding carboxylic acids is 1. The first-order valence-corrected chi connectivity index (χ1v) is 8.04. The molecule has 0 saturated carbocycles. The number of fused-ring (bicyclic) bond motifs is 1. The number of nitrogens with zero attached hydrogens (tertiary/aromatic N) is 1. The zero-order valence-corrected chi connectivity index (χ0v) is 13.9. The molecule has 0 aliphatic carbocycles. The number of pyridine rings is 1. The van der Waals surface area contributed by atoms with Crippen molar-refractivity contribution >= 4 is 32.6 Å². The third kappa shape index (κ3) is 3.23. The predicted octanol–water partition coefficient (Wildman–Crippen LogP) is 2.64. The molecule has 8 heteroatoms. The summed E-state index contributed by atoms with van der Waals surface area (Å²) in [4.78, 5) is 31.0. The first kappa shape index (κ1) is 16.0. The number of carbonyl (C=O) groups is 1. The Labute approximate surface area is 141 Å². The molecule has 2 aromatic heterocycles. The Hall–Kier alpha value is -2.87. The number of ether oxygens (including phenoxy) is 2. The molecule has 124 valence electrons. The van der Waals surface area contributed by atoms with Gasteiger partial charge in [0.2, 0.25) is 5.43 Å². The molecule has 7 nitrogen and oxygen atoms in total. The number of nitrogens with one attached hydrogen (secondary N) is 2. The largest absolute Gasteiger partial charge is 0.494 e. The molecular formula is C16H15N3O4S. The van der Waals surface area contributed by atoms with Crippen molar-refractivity contribution < 1.29 is 14.3 Å². The van der Waals surface area contributed by atoms with Crippen LogP contribution in [0.3, 0.4) is 0 Å². The second kappa shape index (κ2) is 6.71. The number of aromatic nitrogens is 2. The van der Waals surface area contributed by atoms with Crippen LogP contribution < -0.4 is 20.2 Å². The van der Waals surface area contributed by atoms with Crippen molar-refractivity contribution in [3.05, 3.63) is 46.4 Å². The summed E-state index contributed by atoms with van der Waals surface area (Å²) < 4.78 is 11.2. The molecule has 0 spiro atoms. The average Bonchev–Trinajstić information content (AvgIpc) is 2.96. The highest BCUT2D eigenvalue weighted by atomic mass is 32.1. The number of methoxy groups -OCH3 is 1. The molecule has 1 aromatic carbocycles. The molecule has 0 aliphatic heterocycles. The first-order chi connectivity index (χ1) is 11.6. The van der Waals surface area contributed by atoms with Gasteiger partial charge in [0.25, 0.3) is 5.91 Å². The fraction of sp³-hybridized carbons (Fsp3) is 0.188. The van der Waals surface area contributed by atoms with Crippen LogP contribution in [0.5, 0.6) is 11.5 Å². The summed E-state index contributed by atoms with van der Waals surface area (Å²) in [6.07, 6.45) is 1.35. The summed E-state index contributed by atoms with van der Waals surface area (Å²) in [5, 5.41) is 3.13. The zero-order valence-electron chi connectivity index (χ0n) is 13.1. The third-order valence-electron chi connectivity index (χ3n) is 3.23. The molecule has 1 amide bonds. The van der Waals surface area contributed by atoms with Crippen molar-refractivity contribution in [3.63, 3.8) is 0 Å². The van der Waals surface area contributed by atoms with Gasteiger partial charge in [0, 0.05) is 12.3 Å². The van der Waals surface area contributed by atoms with Crippen LogP contribution >= 0.6 is 11.3 Å². The van der Waals surface area contributed by atoms with Crippen LogP contribution in [0.15, 0.2) is 35.3 Å². The monoisotopic (exact) mass is 345 g/mol. The highest BCUT2D eigenvalue weighted by Crippen LogP contribution is 2.29. The maximum atomic E-state index is 12.2. The molecule has 0 atom stereocenters. The Bertz CT molecular complexity index is 948. The zero-order chi connectivity index (χ0) is 17.1. The van der Waals surface area contributed by atoms with E-state index in [1.54, 1.807) is 0 Å². The van der Waals surface area contributed by atoms with E-state index in [0.717, 1.165) is 16.0 Å². The molecule has 3 aromatic rings. The lowest BCUT2D eigenvalue weighted by molar-refractivity contribution is 0.102. The Kier molecular flexibility index (Phi) is 4.48. The minimum Gasteiger partial charge on any atom is -0.494 e. The van der Waals surface area contributed by atoms with E-state index in [1.165, 1.54) is 30.7 Å². The van der Waals surface area contributed by atoms with Crippen LogP contribution in [0, 0.1) is 0 Å². The van der Waals surface area contributed by atoms with Gasteiger partial charge in [-0.2, -0.15) is 0 Å². The van der Waals surface area contributed by atoms with Gasteiger partial charge in [-0.3, -0.25) is 14.9 Å². The van der Waals surface area contributed by atoms with Gasteiger partial charge in [-0.1, -0.05) is 11.3 Å². The van der Waals surface area contributed by atoms with Crippen molar-refractivity contribution in [2.45, 2.75) is 6.92 Å². The van der Waals surface area contributed by atoms with Gasteiger partial charge in [-0.05, 0) is 25.1 Å². The number of hydrogen-bond donors (Lipinski definition) is 2. The highest BCUT2D eigenvalue weighted by molar-refractivity contribution is 7.22. The molecule has 0 fully saturated rings. The molecule has 0 bridgehead atoms. The summed E-state index contributed by atoms with van der Waals surface area (Å²) in [5.41, 5.74) is 0.532. The summed E-state index contributed by atoms with van der Waals surface area (Å²) in [7, 11) is 1.39. The van der Waals surface area contributed by atoms with E-state index in [2.05, 4.69) is 15.3 Å². The second-order valence-corrected chi connectivity index (χ2v) is 5.85. The standard InChI is InChI=1S/C16H15N3O4S/c1-3-23-9-4-5-10-14(6-9)24-16(18-10)19-15(21)11-7-12(20)13(22-2)8-17-11/h4-8H,3H2,1-2H3,(H,17,20)(H,18,19,21). The summed E-state index contributed by atoms with van der Waals surface area (Å²) in [6, 6.07) is 6.73. The van der Waals surface area contributed by atoms with Gasteiger partial charge < -0.3 is 14.5 Å². The van der Waals surface area contributed by atoms with Gasteiger partial charge in [0.1, 0.15) is 11.4 Å². The second-order valence-electron chi connectivity index (χ2n) is 4.81. The number of H-pyrrole nitrogens is 1. The number of benzene rings is 1. The minimum absolute atomic E-state index is 0.134. The van der Waals surface area contributed by atoms with Gasteiger partial charge in [0.15, 0.2) is 10.9 Å². The normalized spacial score (nSPS) is 10.6. The quantitative estimate of drug-likeness (QED) is 0.741. The van der Waals surface area contributed by atoms with Crippen molar-refractivity contribution in [2.24, 2.45) is 0 Å². The first-order valence-electron chi connectivity index (χ1n) is 7.22. The van der Waals surface area contributed by atoms with E-state index >= 15 is 0 Å². The Morgan fingerprint density at radius 2 is 2.21 bits per heavy atom. The number of amides is 1. The molecule has 0 saturated heterocycles.